The second kappa shape index (κ2) is 9.36. The van der Waals surface area contributed by atoms with E-state index in [0.29, 0.717) is 0 Å². The molecule has 0 aromatic carbocycles. The topological polar surface area (TPSA) is 43.8 Å². The third-order valence-corrected chi connectivity index (χ3v) is 6.10. The van der Waals surface area contributed by atoms with Crippen LogP contribution in [-0.2, 0) is 12.0 Å². The van der Waals surface area contributed by atoms with Gasteiger partial charge in [-0.25, -0.2) is 4.98 Å². The summed E-state index contributed by atoms with van der Waals surface area (Å²) in [7, 11) is 1.86. The van der Waals surface area contributed by atoms with E-state index in [4.69, 9.17) is 4.98 Å². The minimum absolute atomic E-state index is 0. The Morgan fingerprint density at radius 1 is 1.23 bits per heavy atom. The van der Waals surface area contributed by atoms with Gasteiger partial charge in [0.1, 0.15) is 5.01 Å². The monoisotopic (exact) mass is 505 g/mol. The number of nitrogens with one attached hydrogen (secondary N) is 1. The van der Waals surface area contributed by atoms with Crippen LogP contribution in [0.4, 0.5) is 5.00 Å². The molecular weight excluding hydrogens is 477 g/mol. The van der Waals surface area contributed by atoms with Crippen molar-refractivity contribution in [3.63, 3.8) is 0 Å². The number of nitrogens with zero attached hydrogens (tertiary/aromatic N) is 4. The highest BCUT2D eigenvalue weighted by Gasteiger charge is 2.21. The Morgan fingerprint density at radius 2 is 1.96 bits per heavy atom. The fourth-order valence-electron chi connectivity index (χ4n) is 2.81. The molecule has 0 bridgehead atoms. The summed E-state index contributed by atoms with van der Waals surface area (Å²) in [6.45, 7) is 11.4. The fourth-order valence-corrected chi connectivity index (χ4v) is 4.56. The normalized spacial score (nSPS) is 15.8. The van der Waals surface area contributed by atoms with Crippen molar-refractivity contribution in [2.75, 3.05) is 38.1 Å². The Labute approximate surface area is 181 Å². The molecule has 1 saturated heterocycles. The molecule has 1 fully saturated rings. The van der Waals surface area contributed by atoms with E-state index in [9.17, 15) is 0 Å². The molecule has 0 saturated carbocycles. The van der Waals surface area contributed by atoms with Crippen LogP contribution >= 0.6 is 46.7 Å². The molecule has 0 spiro atoms. The summed E-state index contributed by atoms with van der Waals surface area (Å²) in [6.07, 6.45) is 0. The van der Waals surface area contributed by atoms with Gasteiger partial charge in [-0.3, -0.25) is 4.99 Å². The summed E-state index contributed by atoms with van der Waals surface area (Å²) in [4.78, 5) is 14.0. The lowest BCUT2D eigenvalue weighted by Gasteiger charge is -2.36. The maximum atomic E-state index is 4.75. The van der Waals surface area contributed by atoms with Gasteiger partial charge in [0.25, 0.3) is 0 Å². The average molecular weight is 505 g/mol. The third kappa shape index (κ3) is 5.32. The summed E-state index contributed by atoms with van der Waals surface area (Å²) < 4.78 is 0. The molecule has 3 heterocycles. The number of hydrogen-bond donors (Lipinski definition) is 1. The van der Waals surface area contributed by atoms with Crippen LogP contribution in [0.2, 0.25) is 0 Å². The van der Waals surface area contributed by atoms with Gasteiger partial charge < -0.3 is 15.1 Å². The molecule has 1 aliphatic heterocycles. The molecule has 2 aromatic rings. The Hall–Kier alpha value is -0.870. The van der Waals surface area contributed by atoms with E-state index >= 15 is 0 Å². The summed E-state index contributed by atoms with van der Waals surface area (Å²) in [5.41, 5.74) is 1.27. The minimum atomic E-state index is 0. The van der Waals surface area contributed by atoms with E-state index in [1.165, 1.54) is 5.00 Å². The summed E-state index contributed by atoms with van der Waals surface area (Å²) in [5, 5.41) is 10.3. The zero-order valence-corrected chi connectivity index (χ0v) is 19.8. The first-order valence-electron chi connectivity index (χ1n) is 8.66. The Kier molecular flexibility index (Phi) is 7.72. The average Bonchev–Trinajstić information content (AvgIpc) is 3.27. The maximum absolute atomic E-state index is 4.75. The van der Waals surface area contributed by atoms with Crippen molar-refractivity contribution in [1.29, 1.82) is 0 Å². The number of anilines is 1. The van der Waals surface area contributed by atoms with Gasteiger partial charge in [0, 0.05) is 44.0 Å². The molecule has 1 N–H and O–H groups in total. The lowest BCUT2D eigenvalue weighted by atomic mass is 9.93. The molecule has 8 heteroatoms. The van der Waals surface area contributed by atoms with Crippen LogP contribution in [0, 0.1) is 0 Å². The van der Waals surface area contributed by atoms with Crippen LogP contribution in [-0.4, -0.2) is 49.1 Å². The van der Waals surface area contributed by atoms with Gasteiger partial charge in [0.2, 0.25) is 0 Å². The van der Waals surface area contributed by atoms with Crippen LogP contribution < -0.4 is 10.2 Å². The predicted molar refractivity (Wildman–Crippen MR) is 125 cm³/mol. The molecule has 0 amide bonds. The molecule has 0 aliphatic carbocycles. The van der Waals surface area contributed by atoms with E-state index in [-0.39, 0.29) is 29.4 Å². The molecule has 1 aliphatic rings. The summed E-state index contributed by atoms with van der Waals surface area (Å²) >= 11 is 3.53. The second-order valence-corrected chi connectivity index (χ2v) is 9.07. The van der Waals surface area contributed by atoms with Crippen molar-refractivity contribution in [2.45, 2.75) is 32.7 Å². The Morgan fingerprint density at radius 3 is 2.50 bits per heavy atom. The zero-order chi connectivity index (χ0) is 17.9. The maximum Gasteiger partial charge on any atom is 0.194 e. The van der Waals surface area contributed by atoms with Gasteiger partial charge in [-0.2, -0.15) is 0 Å². The molecule has 5 nitrogen and oxygen atoms in total. The highest BCUT2D eigenvalue weighted by Crippen LogP contribution is 2.24. The van der Waals surface area contributed by atoms with E-state index < -0.39 is 0 Å². The number of aliphatic imine (C=N–C) groups is 1. The van der Waals surface area contributed by atoms with Gasteiger partial charge in [0.15, 0.2) is 5.96 Å². The first-order valence-corrected chi connectivity index (χ1v) is 10.4. The number of guanidine groups is 1. The standard InChI is InChI=1S/C18H27N5S2.HI/c1-18(2,3)14-13-25-15(21-14)12-20-17(19-4)23-9-7-22(8-10-23)16-6-5-11-24-16;/h5-6,11,13H,7-10,12H2,1-4H3,(H,19,20);1H. The SMILES string of the molecule is CN=C(NCc1nc(C(C)(C)C)cs1)N1CCN(c2cccs2)CC1.I. The lowest BCUT2D eigenvalue weighted by Crippen LogP contribution is -2.52. The first-order chi connectivity index (χ1) is 12.0. The Bertz CT molecular complexity index is 697. The predicted octanol–water partition coefficient (Wildman–Crippen LogP) is 4.02. The van der Waals surface area contributed by atoms with E-state index in [0.717, 1.165) is 49.4 Å². The van der Waals surface area contributed by atoms with Gasteiger partial charge in [-0.1, -0.05) is 20.8 Å². The quantitative estimate of drug-likeness (QED) is 0.389. The molecule has 3 rings (SSSR count). The molecule has 0 radical (unpaired) electrons. The number of aromatic nitrogens is 1. The van der Waals surface area contributed by atoms with Crippen LogP contribution in [0.15, 0.2) is 27.9 Å². The third-order valence-electron chi connectivity index (χ3n) is 4.33. The van der Waals surface area contributed by atoms with Crippen LogP contribution in [0.3, 0.4) is 0 Å². The lowest BCUT2D eigenvalue weighted by molar-refractivity contribution is 0.373. The van der Waals surface area contributed by atoms with Gasteiger partial charge >= 0.3 is 0 Å². The largest absolute Gasteiger partial charge is 0.360 e. The van der Waals surface area contributed by atoms with Crippen LogP contribution in [0.25, 0.3) is 0 Å². The molecule has 2 aromatic heterocycles. The number of rotatable bonds is 3. The number of thiazole rings is 1. The number of thiophene rings is 1. The number of piperazine rings is 1. The molecule has 26 heavy (non-hydrogen) atoms. The smallest absolute Gasteiger partial charge is 0.194 e. The summed E-state index contributed by atoms with van der Waals surface area (Å²) in [5.74, 6) is 0.971. The van der Waals surface area contributed by atoms with Gasteiger partial charge in [-0.05, 0) is 17.5 Å². The van der Waals surface area contributed by atoms with E-state index in [1.54, 1.807) is 11.3 Å². The first kappa shape index (κ1) is 21.4. The molecular formula is C18H28IN5S2. The van der Waals surface area contributed by atoms with E-state index in [1.807, 2.05) is 18.4 Å². The van der Waals surface area contributed by atoms with Crippen LogP contribution in [0.5, 0.6) is 0 Å². The Balaban J connectivity index is 0.00000243. The van der Waals surface area contributed by atoms with Crippen molar-refractivity contribution in [3.8, 4) is 0 Å². The van der Waals surface area contributed by atoms with Gasteiger partial charge in [-0.15, -0.1) is 46.7 Å². The highest BCUT2D eigenvalue weighted by molar-refractivity contribution is 14.0. The second-order valence-electron chi connectivity index (χ2n) is 7.20. The fraction of sp³-hybridized carbons (Fsp3) is 0.556. The van der Waals surface area contributed by atoms with Crippen LogP contribution in [0.1, 0.15) is 31.5 Å². The van der Waals surface area contributed by atoms with Crippen molar-refractivity contribution in [1.82, 2.24) is 15.2 Å². The van der Waals surface area contributed by atoms with Crippen molar-refractivity contribution >= 4 is 57.6 Å². The van der Waals surface area contributed by atoms with Crippen molar-refractivity contribution in [2.24, 2.45) is 4.99 Å². The van der Waals surface area contributed by atoms with Gasteiger partial charge in [0.05, 0.1) is 17.2 Å². The summed E-state index contributed by atoms with van der Waals surface area (Å²) in [6, 6.07) is 4.31. The highest BCUT2D eigenvalue weighted by atomic mass is 127. The number of hydrogen-bond acceptors (Lipinski definition) is 5. The molecule has 144 valence electrons. The van der Waals surface area contributed by atoms with Crippen molar-refractivity contribution < 1.29 is 0 Å². The van der Waals surface area contributed by atoms with Crippen molar-refractivity contribution in [3.05, 3.63) is 33.6 Å². The molecule has 0 atom stereocenters. The molecule has 0 unspecified atom stereocenters. The zero-order valence-electron chi connectivity index (χ0n) is 15.9. The number of halogens is 1. The van der Waals surface area contributed by atoms with E-state index in [2.05, 4.69) is 63.8 Å². The minimum Gasteiger partial charge on any atom is -0.360 e.